The van der Waals surface area contributed by atoms with Crippen LogP contribution in [-0.4, -0.2) is 32.2 Å². The molecule has 96 valence electrons. The molecular formula is C12H20BO4-. The predicted octanol–water partition coefficient (Wildman–Crippen LogP) is 2.23. The van der Waals surface area contributed by atoms with E-state index in [4.69, 9.17) is 18.9 Å². The highest BCUT2D eigenvalue weighted by Crippen LogP contribution is 2.08. The second kappa shape index (κ2) is 9.45. The first-order chi connectivity index (χ1) is 8.24. The van der Waals surface area contributed by atoms with Crippen molar-refractivity contribution >= 4 is 6.15 Å². The van der Waals surface area contributed by atoms with Gasteiger partial charge >= 0.3 is 0 Å². The van der Waals surface area contributed by atoms with Crippen LogP contribution in [0.4, 0.5) is 0 Å². The Hall–Kier alpha value is -1.78. The molecule has 0 aromatic rings. The molecule has 0 unspecified atom stereocenters. The summed E-state index contributed by atoms with van der Waals surface area (Å²) in [7, 11) is 0. The van der Waals surface area contributed by atoms with Crippen LogP contribution in [0.2, 0.25) is 0 Å². The molecule has 0 aliphatic carbocycles. The SMILES string of the molecule is C=COC[B-](COC=C)(COC=C)COC=C. The standard InChI is InChI=1S/C12H20BO4/c1-5-14-9-13(10-15-6-2,11-16-7-3)12-17-8-4/h5-8H,1-4,9-12H2/q-1. The van der Waals surface area contributed by atoms with Crippen molar-refractivity contribution in [2.75, 3.05) is 26.0 Å². The van der Waals surface area contributed by atoms with E-state index < -0.39 is 6.15 Å². The Bertz CT molecular complexity index is 199. The van der Waals surface area contributed by atoms with Crippen LogP contribution in [0.15, 0.2) is 51.4 Å². The Morgan fingerprint density at radius 1 is 0.588 bits per heavy atom. The van der Waals surface area contributed by atoms with E-state index in [1.54, 1.807) is 0 Å². The third-order valence-electron chi connectivity index (χ3n) is 2.27. The summed E-state index contributed by atoms with van der Waals surface area (Å²) in [6.45, 7) is 15.7. The quantitative estimate of drug-likeness (QED) is 0.386. The summed E-state index contributed by atoms with van der Waals surface area (Å²) in [4.78, 5) is 0. The molecule has 5 heteroatoms. The van der Waals surface area contributed by atoms with E-state index in [1.807, 2.05) is 0 Å². The van der Waals surface area contributed by atoms with Gasteiger partial charge < -0.3 is 18.9 Å². The maximum absolute atomic E-state index is 5.24. The molecule has 0 amide bonds. The Labute approximate surface area is 103 Å². The van der Waals surface area contributed by atoms with Crippen LogP contribution in [-0.2, 0) is 18.9 Å². The van der Waals surface area contributed by atoms with Gasteiger partial charge in [0.15, 0.2) is 6.15 Å². The van der Waals surface area contributed by atoms with E-state index in [1.165, 1.54) is 25.0 Å². The van der Waals surface area contributed by atoms with E-state index >= 15 is 0 Å². The number of hydrogen-bond acceptors (Lipinski definition) is 4. The summed E-state index contributed by atoms with van der Waals surface area (Å²) in [6, 6.07) is 0. The van der Waals surface area contributed by atoms with Gasteiger partial charge in [-0.3, -0.25) is 0 Å². The van der Waals surface area contributed by atoms with Crippen LogP contribution in [0.5, 0.6) is 0 Å². The molecule has 0 heterocycles. The molecule has 0 radical (unpaired) electrons. The van der Waals surface area contributed by atoms with Gasteiger partial charge in [-0.05, 0) is 26.0 Å². The van der Waals surface area contributed by atoms with Crippen molar-refractivity contribution in [1.82, 2.24) is 0 Å². The lowest BCUT2D eigenvalue weighted by atomic mass is 9.27. The van der Waals surface area contributed by atoms with Crippen molar-refractivity contribution < 1.29 is 18.9 Å². The van der Waals surface area contributed by atoms with Gasteiger partial charge in [-0.2, -0.15) is 0 Å². The molecule has 0 aliphatic rings. The van der Waals surface area contributed by atoms with E-state index in [-0.39, 0.29) is 0 Å². The predicted molar refractivity (Wildman–Crippen MR) is 70.4 cm³/mol. The molecular weight excluding hydrogens is 219 g/mol. The summed E-state index contributed by atoms with van der Waals surface area (Å²) in [5, 5.41) is 0. The second-order valence-electron chi connectivity index (χ2n) is 3.73. The zero-order chi connectivity index (χ0) is 13.0. The second-order valence-corrected chi connectivity index (χ2v) is 3.73. The first-order valence-corrected chi connectivity index (χ1v) is 5.36. The lowest BCUT2D eigenvalue weighted by Crippen LogP contribution is -2.54. The van der Waals surface area contributed by atoms with E-state index in [0.29, 0.717) is 26.0 Å². The minimum atomic E-state index is -1.18. The Morgan fingerprint density at radius 3 is 1.00 bits per heavy atom. The van der Waals surface area contributed by atoms with Gasteiger partial charge in [0.05, 0.1) is 25.0 Å². The Balaban J connectivity index is 4.59. The van der Waals surface area contributed by atoms with Crippen molar-refractivity contribution in [3.05, 3.63) is 51.4 Å². The fourth-order valence-corrected chi connectivity index (χ4v) is 1.38. The molecule has 0 aromatic carbocycles. The largest absolute Gasteiger partial charge is 0.539 e. The average Bonchev–Trinajstić information content (AvgIpc) is 2.37. The lowest BCUT2D eigenvalue weighted by Gasteiger charge is -2.35. The van der Waals surface area contributed by atoms with Gasteiger partial charge in [0.2, 0.25) is 0 Å². The molecule has 0 rings (SSSR count). The minimum absolute atomic E-state index is 0.416. The molecule has 0 saturated carbocycles. The van der Waals surface area contributed by atoms with Gasteiger partial charge in [-0.25, -0.2) is 0 Å². The van der Waals surface area contributed by atoms with Crippen LogP contribution in [0, 0.1) is 0 Å². The van der Waals surface area contributed by atoms with Crippen LogP contribution >= 0.6 is 0 Å². The van der Waals surface area contributed by atoms with Crippen molar-refractivity contribution in [1.29, 1.82) is 0 Å². The van der Waals surface area contributed by atoms with Crippen LogP contribution in [0.25, 0.3) is 0 Å². The lowest BCUT2D eigenvalue weighted by molar-refractivity contribution is 0.217. The fraction of sp³-hybridized carbons (Fsp3) is 0.333. The summed E-state index contributed by atoms with van der Waals surface area (Å²) in [5.41, 5.74) is 0. The molecule has 0 saturated heterocycles. The third-order valence-corrected chi connectivity index (χ3v) is 2.27. The highest BCUT2D eigenvalue weighted by molar-refractivity contribution is 6.79. The van der Waals surface area contributed by atoms with Crippen molar-refractivity contribution in [3.8, 4) is 0 Å². The van der Waals surface area contributed by atoms with Gasteiger partial charge in [0, 0.05) is 0 Å². The normalized spacial score (nSPS) is 9.88. The number of ether oxygens (including phenoxy) is 4. The van der Waals surface area contributed by atoms with Crippen molar-refractivity contribution in [2.45, 2.75) is 0 Å². The Morgan fingerprint density at radius 2 is 0.824 bits per heavy atom. The third kappa shape index (κ3) is 6.40. The monoisotopic (exact) mass is 239 g/mol. The summed E-state index contributed by atoms with van der Waals surface area (Å²) < 4.78 is 21.0. The highest BCUT2D eigenvalue weighted by Gasteiger charge is 2.29. The maximum atomic E-state index is 5.24. The first kappa shape index (κ1) is 15.2. The molecule has 0 aromatic heterocycles. The summed E-state index contributed by atoms with van der Waals surface area (Å²) >= 11 is 0. The molecule has 17 heavy (non-hydrogen) atoms. The number of hydrogen-bond donors (Lipinski definition) is 0. The zero-order valence-corrected chi connectivity index (χ0v) is 10.2. The zero-order valence-electron chi connectivity index (χ0n) is 10.2. The van der Waals surface area contributed by atoms with Gasteiger partial charge in [0.1, 0.15) is 0 Å². The topological polar surface area (TPSA) is 36.9 Å². The van der Waals surface area contributed by atoms with Crippen LogP contribution in [0.1, 0.15) is 0 Å². The molecule has 0 atom stereocenters. The number of rotatable bonds is 12. The molecule has 0 aliphatic heterocycles. The van der Waals surface area contributed by atoms with Gasteiger partial charge in [-0.15, -0.1) is 0 Å². The van der Waals surface area contributed by atoms with Gasteiger partial charge in [-0.1, -0.05) is 26.3 Å². The molecule has 0 fully saturated rings. The molecule has 4 nitrogen and oxygen atoms in total. The molecule has 0 spiro atoms. The van der Waals surface area contributed by atoms with Crippen LogP contribution < -0.4 is 0 Å². The fourth-order valence-electron chi connectivity index (χ4n) is 1.38. The summed E-state index contributed by atoms with van der Waals surface area (Å²) in [6.07, 6.45) is 4.34. The summed E-state index contributed by atoms with van der Waals surface area (Å²) in [5.74, 6) is 0. The minimum Gasteiger partial charge on any atom is -0.539 e. The van der Waals surface area contributed by atoms with E-state index in [0.717, 1.165) is 0 Å². The van der Waals surface area contributed by atoms with E-state index in [9.17, 15) is 0 Å². The van der Waals surface area contributed by atoms with Crippen LogP contribution in [0.3, 0.4) is 0 Å². The Kier molecular flexibility index (Phi) is 8.46. The first-order valence-electron chi connectivity index (χ1n) is 5.36. The maximum Gasteiger partial charge on any atom is 0.162 e. The smallest absolute Gasteiger partial charge is 0.162 e. The van der Waals surface area contributed by atoms with Gasteiger partial charge in [0.25, 0.3) is 0 Å². The van der Waals surface area contributed by atoms with Crippen molar-refractivity contribution in [3.63, 3.8) is 0 Å². The van der Waals surface area contributed by atoms with E-state index in [2.05, 4.69) is 26.3 Å². The molecule has 0 bridgehead atoms. The highest BCUT2D eigenvalue weighted by atomic mass is 16.5. The van der Waals surface area contributed by atoms with Crippen molar-refractivity contribution in [2.24, 2.45) is 0 Å². The average molecular weight is 239 g/mol. The molecule has 0 N–H and O–H groups in total.